The first-order chi connectivity index (χ1) is 8.18. The van der Waals surface area contributed by atoms with Gasteiger partial charge in [-0.2, -0.15) is 0 Å². The van der Waals surface area contributed by atoms with Crippen molar-refractivity contribution >= 4 is 17.3 Å². The largest absolute Gasteiger partial charge is 0.491 e. The zero-order chi connectivity index (χ0) is 12.3. The van der Waals surface area contributed by atoms with Crippen molar-refractivity contribution in [2.24, 2.45) is 7.05 Å². The summed E-state index contributed by atoms with van der Waals surface area (Å²) in [6.45, 7) is 0.419. The fraction of sp³-hybridized carbons (Fsp3) is 0.273. The number of rotatable bonds is 5. The lowest BCUT2D eigenvalue weighted by atomic mass is 10.4. The Bertz CT molecular complexity index is 518. The van der Waals surface area contributed by atoms with E-state index in [2.05, 4.69) is 4.98 Å². The third-order valence-corrected chi connectivity index (χ3v) is 3.21. The fourth-order valence-corrected chi connectivity index (χ4v) is 2.13. The highest BCUT2D eigenvalue weighted by Gasteiger charge is 2.12. The number of carbonyl (C=O) groups is 1. The van der Waals surface area contributed by atoms with Crippen LogP contribution in [-0.4, -0.2) is 27.2 Å². The lowest BCUT2D eigenvalue weighted by molar-refractivity contribution is 0.0698. The van der Waals surface area contributed by atoms with Crippen LogP contribution in [-0.2, 0) is 13.5 Å². The van der Waals surface area contributed by atoms with Crippen LogP contribution < -0.4 is 4.74 Å². The summed E-state index contributed by atoms with van der Waals surface area (Å²) in [6, 6.07) is 1.67. The van der Waals surface area contributed by atoms with Gasteiger partial charge in [-0.25, -0.2) is 9.78 Å². The average molecular weight is 252 g/mol. The maximum atomic E-state index is 10.8. The maximum absolute atomic E-state index is 10.8. The van der Waals surface area contributed by atoms with E-state index in [4.69, 9.17) is 9.84 Å². The Morgan fingerprint density at radius 1 is 1.65 bits per heavy atom. The van der Waals surface area contributed by atoms with Crippen LogP contribution >= 0.6 is 11.3 Å². The second-order valence-electron chi connectivity index (χ2n) is 3.47. The van der Waals surface area contributed by atoms with Crippen LogP contribution in [0.3, 0.4) is 0 Å². The van der Waals surface area contributed by atoms with Gasteiger partial charge in [0.25, 0.3) is 0 Å². The molecule has 5 nitrogen and oxygen atoms in total. The number of hydrogen-bond acceptors (Lipinski definition) is 4. The lowest BCUT2D eigenvalue weighted by Gasteiger charge is -2.05. The van der Waals surface area contributed by atoms with Crippen molar-refractivity contribution in [1.82, 2.24) is 9.55 Å². The van der Waals surface area contributed by atoms with Crippen molar-refractivity contribution in [2.45, 2.75) is 6.42 Å². The van der Waals surface area contributed by atoms with Crippen molar-refractivity contribution < 1.29 is 14.6 Å². The van der Waals surface area contributed by atoms with Crippen LogP contribution in [0.1, 0.15) is 15.5 Å². The molecule has 0 aliphatic carbocycles. The Morgan fingerprint density at radius 3 is 3.12 bits per heavy atom. The molecule has 2 rings (SSSR count). The molecule has 1 N–H and O–H groups in total. The van der Waals surface area contributed by atoms with Crippen LogP contribution in [0.5, 0.6) is 5.75 Å². The van der Waals surface area contributed by atoms with Gasteiger partial charge in [0.1, 0.15) is 11.6 Å². The Morgan fingerprint density at radius 2 is 2.47 bits per heavy atom. The molecule has 0 saturated carbocycles. The van der Waals surface area contributed by atoms with Crippen LogP contribution in [0.15, 0.2) is 23.8 Å². The normalized spacial score (nSPS) is 10.4. The van der Waals surface area contributed by atoms with Crippen molar-refractivity contribution in [3.63, 3.8) is 0 Å². The standard InChI is InChI=1S/C11H12N2O3S/c1-13-5-4-12-9(13)2-6-16-8-3-7-17-10(8)11(14)15/h3-5,7H,2,6H2,1H3,(H,14,15). The van der Waals surface area contributed by atoms with Gasteiger partial charge >= 0.3 is 5.97 Å². The quantitative estimate of drug-likeness (QED) is 0.881. The Kier molecular flexibility index (Phi) is 3.43. The molecule has 0 spiro atoms. The van der Waals surface area contributed by atoms with E-state index in [1.165, 1.54) is 0 Å². The van der Waals surface area contributed by atoms with Crippen LogP contribution in [0.4, 0.5) is 0 Å². The van der Waals surface area contributed by atoms with E-state index in [1.54, 1.807) is 17.6 Å². The number of carboxylic acids is 1. The highest BCUT2D eigenvalue weighted by molar-refractivity contribution is 7.12. The molecule has 17 heavy (non-hydrogen) atoms. The number of imidazole rings is 1. The van der Waals surface area contributed by atoms with Gasteiger partial charge in [-0.15, -0.1) is 11.3 Å². The molecule has 2 aromatic heterocycles. The Balaban J connectivity index is 1.92. The number of hydrogen-bond donors (Lipinski definition) is 1. The van der Waals surface area contributed by atoms with Crippen molar-refractivity contribution in [3.05, 3.63) is 34.5 Å². The van der Waals surface area contributed by atoms with E-state index in [0.717, 1.165) is 17.2 Å². The first-order valence-corrected chi connectivity index (χ1v) is 5.96. The van der Waals surface area contributed by atoms with Gasteiger partial charge in [0.15, 0.2) is 4.88 Å². The summed E-state index contributed by atoms with van der Waals surface area (Å²) in [4.78, 5) is 15.2. The van der Waals surface area contributed by atoms with E-state index in [9.17, 15) is 4.79 Å². The molecule has 0 fully saturated rings. The minimum absolute atomic E-state index is 0.241. The lowest BCUT2D eigenvalue weighted by Crippen LogP contribution is -2.07. The third-order valence-electron chi connectivity index (χ3n) is 2.33. The van der Waals surface area contributed by atoms with Crippen molar-refractivity contribution in [1.29, 1.82) is 0 Å². The number of ether oxygens (including phenoxy) is 1. The van der Waals surface area contributed by atoms with E-state index in [0.29, 0.717) is 18.8 Å². The number of carboxylic acid groups (broad SMARTS) is 1. The molecule has 6 heteroatoms. The molecule has 0 aliphatic heterocycles. The highest BCUT2D eigenvalue weighted by Crippen LogP contribution is 2.24. The SMILES string of the molecule is Cn1ccnc1CCOc1ccsc1C(=O)O. The molecule has 0 aromatic carbocycles. The van der Waals surface area contributed by atoms with Gasteiger partial charge in [-0.3, -0.25) is 0 Å². The van der Waals surface area contributed by atoms with Gasteiger partial charge < -0.3 is 14.4 Å². The zero-order valence-corrected chi connectivity index (χ0v) is 10.1. The van der Waals surface area contributed by atoms with Gasteiger partial charge in [-0.05, 0) is 11.4 Å². The molecule has 0 amide bonds. The molecule has 0 unspecified atom stereocenters. The summed E-state index contributed by atoms with van der Waals surface area (Å²) in [7, 11) is 1.91. The van der Waals surface area contributed by atoms with Crippen LogP contribution in [0.2, 0.25) is 0 Å². The minimum atomic E-state index is -0.952. The van der Waals surface area contributed by atoms with Gasteiger partial charge in [0, 0.05) is 25.9 Å². The zero-order valence-electron chi connectivity index (χ0n) is 9.29. The van der Waals surface area contributed by atoms with E-state index in [-0.39, 0.29) is 4.88 Å². The Hall–Kier alpha value is -1.82. The second-order valence-corrected chi connectivity index (χ2v) is 4.39. The summed E-state index contributed by atoms with van der Waals surface area (Å²) >= 11 is 1.16. The van der Waals surface area contributed by atoms with Gasteiger partial charge in [0.05, 0.1) is 6.61 Å². The summed E-state index contributed by atoms with van der Waals surface area (Å²) in [6.07, 6.45) is 4.24. The molecule has 2 aromatic rings. The second kappa shape index (κ2) is 5.01. The van der Waals surface area contributed by atoms with Crippen LogP contribution in [0, 0.1) is 0 Å². The summed E-state index contributed by atoms with van der Waals surface area (Å²) in [5.74, 6) is 0.390. The smallest absolute Gasteiger partial charge is 0.349 e. The molecule has 0 radical (unpaired) electrons. The number of aromatic nitrogens is 2. The summed E-state index contributed by atoms with van der Waals surface area (Å²) < 4.78 is 7.35. The Labute approximate surface area is 102 Å². The minimum Gasteiger partial charge on any atom is -0.491 e. The molecule has 0 atom stereocenters. The van der Waals surface area contributed by atoms with Crippen LogP contribution in [0.25, 0.3) is 0 Å². The average Bonchev–Trinajstić information content (AvgIpc) is 2.88. The fourth-order valence-electron chi connectivity index (χ4n) is 1.46. The van der Waals surface area contributed by atoms with Crippen molar-refractivity contribution in [3.8, 4) is 5.75 Å². The molecule has 2 heterocycles. The summed E-state index contributed by atoms with van der Waals surface area (Å²) in [5, 5.41) is 10.6. The third kappa shape index (κ3) is 2.65. The maximum Gasteiger partial charge on any atom is 0.349 e. The predicted octanol–water partition coefficient (Wildman–Crippen LogP) is 1.80. The number of nitrogens with zero attached hydrogens (tertiary/aromatic N) is 2. The number of aromatic carboxylic acids is 1. The number of thiophene rings is 1. The first-order valence-electron chi connectivity index (χ1n) is 5.08. The highest BCUT2D eigenvalue weighted by atomic mass is 32.1. The first kappa shape index (κ1) is 11.7. The van der Waals surface area contributed by atoms with Crippen molar-refractivity contribution in [2.75, 3.05) is 6.61 Å². The molecule has 0 saturated heterocycles. The molecule has 0 bridgehead atoms. The van der Waals surface area contributed by atoms with Gasteiger partial charge in [-0.1, -0.05) is 0 Å². The monoisotopic (exact) mass is 252 g/mol. The molecular weight excluding hydrogens is 240 g/mol. The topological polar surface area (TPSA) is 64.4 Å². The van der Waals surface area contributed by atoms with Gasteiger partial charge in [0.2, 0.25) is 0 Å². The molecular formula is C11H12N2O3S. The molecule has 90 valence electrons. The van der Waals surface area contributed by atoms with E-state index >= 15 is 0 Å². The summed E-state index contributed by atoms with van der Waals surface area (Å²) in [5.41, 5.74) is 0. The van der Waals surface area contributed by atoms with E-state index < -0.39 is 5.97 Å². The molecule has 0 aliphatic rings. The van der Waals surface area contributed by atoms with E-state index in [1.807, 2.05) is 17.8 Å². The number of aryl methyl sites for hydroxylation is 1. The predicted molar refractivity (Wildman–Crippen MR) is 63.7 cm³/mol.